The normalized spacial score (nSPS) is 20.2. The first kappa shape index (κ1) is 11.5. The first-order chi connectivity index (χ1) is 8.06. The number of hydrogen-bond acceptors (Lipinski definition) is 4. The van der Waals surface area contributed by atoms with Gasteiger partial charge in [-0.25, -0.2) is 0 Å². The lowest BCUT2D eigenvalue weighted by Crippen LogP contribution is -2.41. The first-order valence-corrected chi connectivity index (χ1v) is 5.42. The van der Waals surface area contributed by atoms with Gasteiger partial charge in [-0.1, -0.05) is 0 Å². The number of imide groups is 1. The smallest absolute Gasteiger partial charge is 0.230 e. The number of carbonyl (C=O) groups excluding carboxylic acids is 3. The number of aromatic nitrogens is 2. The van der Waals surface area contributed by atoms with Gasteiger partial charge in [-0.2, -0.15) is 5.10 Å². The SMILES string of the molecule is Cn1cc(C(=O)CC2CCC(=O)NC2=O)cn1. The summed E-state index contributed by atoms with van der Waals surface area (Å²) in [6.45, 7) is 0. The van der Waals surface area contributed by atoms with Crippen molar-refractivity contribution in [2.45, 2.75) is 19.3 Å². The molecule has 6 heteroatoms. The van der Waals surface area contributed by atoms with E-state index >= 15 is 0 Å². The number of piperidine rings is 1. The van der Waals surface area contributed by atoms with Crippen molar-refractivity contribution >= 4 is 17.6 Å². The third-order valence-electron chi connectivity index (χ3n) is 2.81. The van der Waals surface area contributed by atoms with E-state index in [-0.39, 0.29) is 24.0 Å². The third kappa shape index (κ3) is 2.58. The number of Topliss-reactive ketones (excluding diaryl/α,β-unsaturated/α-hetero) is 1. The first-order valence-electron chi connectivity index (χ1n) is 5.42. The van der Waals surface area contributed by atoms with E-state index in [1.54, 1.807) is 13.2 Å². The molecule has 2 heterocycles. The maximum atomic E-state index is 11.8. The highest BCUT2D eigenvalue weighted by Crippen LogP contribution is 2.18. The highest BCUT2D eigenvalue weighted by molar-refractivity contribution is 6.03. The Morgan fingerprint density at radius 3 is 2.94 bits per heavy atom. The van der Waals surface area contributed by atoms with Crippen LogP contribution in [0.15, 0.2) is 12.4 Å². The summed E-state index contributed by atoms with van der Waals surface area (Å²) >= 11 is 0. The molecule has 1 fully saturated rings. The summed E-state index contributed by atoms with van der Waals surface area (Å²) in [4.78, 5) is 34.3. The Kier molecular flexibility index (Phi) is 3.03. The summed E-state index contributed by atoms with van der Waals surface area (Å²) in [5.74, 6) is -1.13. The summed E-state index contributed by atoms with van der Waals surface area (Å²) in [6, 6.07) is 0. The summed E-state index contributed by atoms with van der Waals surface area (Å²) in [5, 5.41) is 6.14. The van der Waals surface area contributed by atoms with Crippen molar-refractivity contribution in [1.29, 1.82) is 0 Å². The van der Waals surface area contributed by atoms with Crippen LogP contribution in [0.3, 0.4) is 0 Å². The molecule has 0 aromatic carbocycles. The third-order valence-corrected chi connectivity index (χ3v) is 2.81. The zero-order chi connectivity index (χ0) is 12.4. The van der Waals surface area contributed by atoms with Crippen LogP contribution >= 0.6 is 0 Å². The molecule has 0 spiro atoms. The second kappa shape index (κ2) is 4.48. The van der Waals surface area contributed by atoms with Crippen LogP contribution in [-0.4, -0.2) is 27.4 Å². The second-order valence-corrected chi connectivity index (χ2v) is 4.18. The Bertz CT molecular complexity index is 478. The highest BCUT2D eigenvalue weighted by Gasteiger charge is 2.28. The summed E-state index contributed by atoms with van der Waals surface area (Å²) < 4.78 is 1.54. The van der Waals surface area contributed by atoms with E-state index in [4.69, 9.17) is 0 Å². The van der Waals surface area contributed by atoms with E-state index < -0.39 is 5.92 Å². The van der Waals surface area contributed by atoms with Gasteiger partial charge in [-0.3, -0.25) is 24.4 Å². The van der Waals surface area contributed by atoms with E-state index in [9.17, 15) is 14.4 Å². The Morgan fingerprint density at radius 1 is 1.59 bits per heavy atom. The van der Waals surface area contributed by atoms with Gasteiger partial charge in [0.15, 0.2) is 5.78 Å². The fourth-order valence-corrected chi connectivity index (χ4v) is 1.84. The van der Waals surface area contributed by atoms with Gasteiger partial charge in [0.25, 0.3) is 0 Å². The van der Waals surface area contributed by atoms with Crippen LogP contribution in [0, 0.1) is 5.92 Å². The van der Waals surface area contributed by atoms with Gasteiger partial charge < -0.3 is 0 Å². The van der Waals surface area contributed by atoms with Gasteiger partial charge in [-0.05, 0) is 6.42 Å². The lowest BCUT2D eigenvalue weighted by Gasteiger charge is -2.19. The van der Waals surface area contributed by atoms with Crippen LogP contribution in [0.5, 0.6) is 0 Å². The molecule has 1 atom stereocenters. The molecule has 2 amide bonds. The van der Waals surface area contributed by atoms with Gasteiger partial charge >= 0.3 is 0 Å². The van der Waals surface area contributed by atoms with E-state index in [2.05, 4.69) is 10.4 Å². The van der Waals surface area contributed by atoms with Gasteiger partial charge in [0, 0.05) is 32.0 Å². The van der Waals surface area contributed by atoms with Crippen LogP contribution in [0.2, 0.25) is 0 Å². The molecular weight excluding hydrogens is 222 g/mol. The van der Waals surface area contributed by atoms with Crippen LogP contribution in [0.4, 0.5) is 0 Å². The topological polar surface area (TPSA) is 81.1 Å². The predicted molar refractivity (Wildman–Crippen MR) is 58.0 cm³/mol. The molecule has 90 valence electrons. The van der Waals surface area contributed by atoms with Crippen LogP contribution in [0.1, 0.15) is 29.6 Å². The van der Waals surface area contributed by atoms with Crippen molar-refractivity contribution in [2.75, 3.05) is 0 Å². The fraction of sp³-hybridized carbons (Fsp3) is 0.455. The van der Waals surface area contributed by atoms with Crippen molar-refractivity contribution in [3.8, 4) is 0 Å². The van der Waals surface area contributed by atoms with Crippen molar-refractivity contribution in [1.82, 2.24) is 15.1 Å². The molecule has 0 radical (unpaired) electrons. The Hall–Kier alpha value is -1.98. The molecule has 0 saturated carbocycles. The van der Waals surface area contributed by atoms with Gasteiger partial charge in [0.05, 0.1) is 11.8 Å². The zero-order valence-electron chi connectivity index (χ0n) is 9.47. The minimum Gasteiger partial charge on any atom is -0.296 e. The minimum absolute atomic E-state index is 0.118. The van der Waals surface area contributed by atoms with Gasteiger partial charge in [0.1, 0.15) is 0 Å². The van der Waals surface area contributed by atoms with Crippen molar-refractivity contribution < 1.29 is 14.4 Å². The minimum atomic E-state index is -0.402. The van der Waals surface area contributed by atoms with E-state index in [1.165, 1.54) is 10.9 Å². The molecular formula is C11H13N3O3. The molecule has 0 bridgehead atoms. The molecule has 2 rings (SSSR count). The molecule has 1 N–H and O–H groups in total. The number of hydrogen-bond donors (Lipinski definition) is 1. The molecule has 1 aromatic heterocycles. The summed E-state index contributed by atoms with van der Waals surface area (Å²) in [5.41, 5.74) is 0.497. The Balaban J connectivity index is 1.99. The number of nitrogens with one attached hydrogen (secondary N) is 1. The predicted octanol–water partition coefficient (Wildman–Crippen LogP) is 0.0457. The average Bonchev–Trinajstić information content (AvgIpc) is 2.69. The van der Waals surface area contributed by atoms with E-state index in [0.717, 1.165) is 0 Å². The number of rotatable bonds is 3. The Morgan fingerprint density at radius 2 is 2.35 bits per heavy atom. The van der Waals surface area contributed by atoms with Gasteiger partial charge in [0.2, 0.25) is 11.8 Å². The molecule has 6 nitrogen and oxygen atoms in total. The molecule has 1 aromatic rings. The standard InChI is InChI=1S/C11H13N3O3/c1-14-6-8(5-12-14)9(15)4-7-2-3-10(16)13-11(7)17/h5-7H,2-4H2,1H3,(H,13,16,17). The lowest BCUT2D eigenvalue weighted by molar-refractivity contribution is -0.136. The monoisotopic (exact) mass is 235 g/mol. The second-order valence-electron chi connectivity index (χ2n) is 4.18. The number of amides is 2. The molecule has 1 unspecified atom stereocenters. The molecule has 1 saturated heterocycles. The van der Waals surface area contributed by atoms with Crippen molar-refractivity contribution in [3.63, 3.8) is 0 Å². The summed E-state index contributed by atoms with van der Waals surface area (Å²) in [7, 11) is 1.72. The molecule has 1 aliphatic rings. The van der Waals surface area contributed by atoms with Gasteiger partial charge in [-0.15, -0.1) is 0 Å². The molecule has 17 heavy (non-hydrogen) atoms. The van der Waals surface area contributed by atoms with Crippen LogP contribution in [-0.2, 0) is 16.6 Å². The summed E-state index contributed by atoms with van der Waals surface area (Å²) in [6.07, 6.45) is 3.97. The highest BCUT2D eigenvalue weighted by atomic mass is 16.2. The molecule has 1 aliphatic heterocycles. The van der Waals surface area contributed by atoms with Crippen molar-refractivity contribution in [2.24, 2.45) is 13.0 Å². The Labute approximate surface area is 98.0 Å². The lowest BCUT2D eigenvalue weighted by atomic mass is 9.91. The maximum absolute atomic E-state index is 11.8. The van der Waals surface area contributed by atoms with Crippen LogP contribution in [0.25, 0.3) is 0 Å². The van der Waals surface area contributed by atoms with E-state index in [1.807, 2.05) is 0 Å². The quantitative estimate of drug-likeness (QED) is 0.592. The average molecular weight is 235 g/mol. The largest absolute Gasteiger partial charge is 0.296 e. The zero-order valence-corrected chi connectivity index (χ0v) is 9.47. The van der Waals surface area contributed by atoms with E-state index in [0.29, 0.717) is 18.4 Å². The maximum Gasteiger partial charge on any atom is 0.230 e. The fourth-order valence-electron chi connectivity index (χ4n) is 1.84. The van der Waals surface area contributed by atoms with Crippen LogP contribution < -0.4 is 5.32 Å². The molecule has 0 aliphatic carbocycles. The number of nitrogens with zero attached hydrogens (tertiary/aromatic N) is 2. The number of carbonyl (C=O) groups is 3. The number of aryl methyl sites for hydroxylation is 1. The van der Waals surface area contributed by atoms with Crippen molar-refractivity contribution in [3.05, 3.63) is 18.0 Å². The number of ketones is 1.